The maximum atomic E-state index is 12.4. The lowest BCUT2D eigenvalue weighted by molar-refractivity contribution is -0.133. The molecule has 3 rings (SSSR count). The molecular weight excluding hydrogens is 298 g/mol. The number of carboxylic acids is 1. The molecule has 2 bridgehead atoms. The Morgan fingerprint density at radius 2 is 2.14 bits per heavy atom. The van der Waals surface area contributed by atoms with Gasteiger partial charge in [-0.25, -0.2) is 0 Å². The number of thioether (sulfide) groups is 1. The molecule has 0 heterocycles. The molecule has 0 radical (unpaired) electrons. The minimum absolute atomic E-state index is 0.0913. The molecule has 1 fully saturated rings. The van der Waals surface area contributed by atoms with Gasteiger partial charge in [-0.2, -0.15) is 0 Å². The van der Waals surface area contributed by atoms with E-state index in [9.17, 15) is 9.59 Å². The predicted molar refractivity (Wildman–Crippen MR) is 87.7 cm³/mol. The molecule has 4 nitrogen and oxygen atoms in total. The summed E-state index contributed by atoms with van der Waals surface area (Å²) in [6.45, 7) is 0. The highest BCUT2D eigenvalue weighted by atomic mass is 32.2. The molecule has 1 saturated carbocycles. The lowest BCUT2D eigenvalue weighted by atomic mass is 9.93. The minimum atomic E-state index is -0.807. The number of anilines is 1. The highest BCUT2D eigenvalue weighted by Gasteiger charge is 2.39. The first kappa shape index (κ1) is 15.2. The van der Waals surface area contributed by atoms with Crippen LogP contribution in [0.15, 0.2) is 36.4 Å². The third-order valence-electron chi connectivity index (χ3n) is 4.30. The number of allylic oxidation sites excluding steroid dienone is 2. The zero-order valence-electron chi connectivity index (χ0n) is 12.2. The van der Waals surface area contributed by atoms with E-state index in [2.05, 4.69) is 17.5 Å². The molecule has 0 spiro atoms. The van der Waals surface area contributed by atoms with E-state index in [1.807, 2.05) is 24.3 Å². The molecule has 22 heavy (non-hydrogen) atoms. The number of carboxylic acid groups (broad SMARTS) is 1. The van der Waals surface area contributed by atoms with E-state index in [1.165, 1.54) is 11.8 Å². The summed E-state index contributed by atoms with van der Waals surface area (Å²) in [4.78, 5) is 22.9. The summed E-state index contributed by atoms with van der Waals surface area (Å²) < 4.78 is 0. The molecule has 116 valence electrons. The first-order valence-corrected chi connectivity index (χ1v) is 8.65. The molecule has 3 atom stereocenters. The average molecular weight is 317 g/mol. The van der Waals surface area contributed by atoms with Gasteiger partial charge in [0.15, 0.2) is 0 Å². The van der Waals surface area contributed by atoms with Gasteiger partial charge in [0.1, 0.15) is 0 Å². The molecular formula is C17H19NO3S. The van der Waals surface area contributed by atoms with Gasteiger partial charge in [0.05, 0.1) is 5.75 Å². The molecule has 0 saturated heterocycles. The van der Waals surface area contributed by atoms with Crippen LogP contribution in [-0.2, 0) is 15.3 Å². The number of hydrogen-bond donors (Lipinski definition) is 2. The standard InChI is InChI=1S/C17H19NO3S/c19-16(20)10-22-9-12-2-1-3-14(7-12)18-17(21)15-8-11-4-5-13(15)6-11/h1-5,7,11,13,15H,6,8-10H2,(H,18,21)(H,19,20). The number of carbonyl (C=O) groups excluding carboxylic acids is 1. The Kier molecular flexibility index (Phi) is 4.52. The highest BCUT2D eigenvalue weighted by Crippen LogP contribution is 2.43. The van der Waals surface area contributed by atoms with Gasteiger partial charge in [0.25, 0.3) is 0 Å². The van der Waals surface area contributed by atoms with Crippen molar-refractivity contribution in [1.29, 1.82) is 0 Å². The number of nitrogens with one attached hydrogen (secondary N) is 1. The van der Waals surface area contributed by atoms with Gasteiger partial charge < -0.3 is 10.4 Å². The largest absolute Gasteiger partial charge is 0.481 e. The number of carbonyl (C=O) groups is 2. The normalized spacial score (nSPS) is 25.4. The van der Waals surface area contributed by atoms with Crippen LogP contribution in [0.1, 0.15) is 18.4 Å². The molecule has 5 heteroatoms. The third kappa shape index (κ3) is 3.53. The smallest absolute Gasteiger partial charge is 0.313 e. The van der Waals surface area contributed by atoms with Crippen LogP contribution in [-0.4, -0.2) is 22.7 Å². The van der Waals surface area contributed by atoms with Gasteiger partial charge in [-0.15, -0.1) is 11.8 Å². The summed E-state index contributed by atoms with van der Waals surface area (Å²) in [5.41, 5.74) is 1.82. The van der Waals surface area contributed by atoms with Crippen LogP contribution >= 0.6 is 11.8 Å². The lowest BCUT2D eigenvalue weighted by Crippen LogP contribution is -2.25. The van der Waals surface area contributed by atoms with E-state index in [-0.39, 0.29) is 17.6 Å². The van der Waals surface area contributed by atoms with Crippen molar-refractivity contribution in [2.75, 3.05) is 11.1 Å². The fourth-order valence-electron chi connectivity index (χ4n) is 3.31. The molecule has 2 aliphatic rings. The van der Waals surface area contributed by atoms with E-state index < -0.39 is 5.97 Å². The number of fused-ring (bicyclic) bond motifs is 2. The summed E-state index contributed by atoms with van der Waals surface area (Å²) in [5, 5.41) is 11.7. The Balaban J connectivity index is 1.57. The fourth-order valence-corrected chi connectivity index (χ4v) is 4.00. The quantitative estimate of drug-likeness (QED) is 0.791. The zero-order valence-corrected chi connectivity index (χ0v) is 13.0. The van der Waals surface area contributed by atoms with Crippen molar-refractivity contribution >= 4 is 29.3 Å². The van der Waals surface area contributed by atoms with Crippen molar-refractivity contribution in [3.63, 3.8) is 0 Å². The van der Waals surface area contributed by atoms with Crippen molar-refractivity contribution in [2.24, 2.45) is 17.8 Å². The van der Waals surface area contributed by atoms with Gasteiger partial charge in [-0.3, -0.25) is 9.59 Å². The summed E-state index contributed by atoms with van der Waals surface area (Å²) >= 11 is 1.36. The van der Waals surface area contributed by atoms with E-state index in [0.29, 0.717) is 17.6 Å². The van der Waals surface area contributed by atoms with E-state index in [0.717, 1.165) is 24.1 Å². The van der Waals surface area contributed by atoms with Crippen LogP contribution in [0.4, 0.5) is 5.69 Å². The van der Waals surface area contributed by atoms with Crippen LogP contribution in [0.5, 0.6) is 0 Å². The van der Waals surface area contributed by atoms with Crippen LogP contribution < -0.4 is 5.32 Å². The van der Waals surface area contributed by atoms with Gasteiger partial charge in [0.2, 0.25) is 5.91 Å². The van der Waals surface area contributed by atoms with E-state index in [4.69, 9.17) is 5.11 Å². The summed E-state index contributed by atoms with van der Waals surface area (Å²) in [6, 6.07) is 7.65. The van der Waals surface area contributed by atoms with Crippen LogP contribution in [0.25, 0.3) is 0 Å². The van der Waals surface area contributed by atoms with Gasteiger partial charge >= 0.3 is 5.97 Å². The Hall–Kier alpha value is -1.75. The summed E-state index contributed by atoms with van der Waals surface area (Å²) in [7, 11) is 0. The van der Waals surface area contributed by atoms with Crippen LogP contribution in [0.3, 0.4) is 0 Å². The van der Waals surface area contributed by atoms with E-state index in [1.54, 1.807) is 0 Å². The van der Waals surface area contributed by atoms with Gasteiger partial charge in [-0.1, -0.05) is 24.3 Å². The Bertz CT molecular complexity index is 614. The molecule has 0 aliphatic heterocycles. The molecule has 3 unspecified atom stereocenters. The zero-order chi connectivity index (χ0) is 15.5. The Morgan fingerprint density at radius 3 is 2.82 bits per heavy atom. The van der Waals surface area contributed by atoms with Crippen LogP contribution in [0.2, 0.25) is 0 Å². The summed E-state index contributed by atoms with van der Waals surface area (Å²) in [5.74, 6) is 1.10. The minimum Gasteiger partial charge on any atom is -0.481 e. The van der Waals surface area contributed by atoms with Crippen molar-refractivity contribution in [2.45, 2.75) is 18.6 Å². The number of rotatable bonds is 6. The maximum absolute atomic E-state index is 12.4. The van der Waals surface area contributed by atoms with Crippen molar-refractivity contribution in [1.82, 2.24) is 0 Å². The molecule has 1 amide bonds. The lowest BCUT2D eigenvalue weighted by Gasteiger charge is -2.17. The number of benzene rings is 1. The van der Waals surface area contributed by atoms with Crippen molar-refractivity contribution < 1.29 is 14.7 Å². The second kappa shape index (κ2) is 6.57. The highest BCUT2D eigenvalue weighted by molar-refractivity contribution is 7.99. The summed E-state index contributed by atoms with van der Waals surface area (Å²) in [6.07, 6.45) is 6.48. The topological polar surface area (TPSA) is 66.4 Å². The number of aliphatic carboxylic acids is 1. The third-order valence-corrected chi connectivity index (χ3v) is 5.29. The van der Waals surface area contributed by atoms with Crippen molar-refractivity contribution in [3.05, 3.63) is 42.0 Å². The predicted octanol–water partition coefficient (Wildman–Crippen LogP) is 3.16. The first-order chi connectivity index (χ1) is 10.6. The average Bonchev–Trinajstić information content (AvgIpc) is 3.10. The molecule has 2 aliphatic carbocycles. The molecule has 2 N–H and O–H groups in total. The molecule has 1 aromatic rings. The molecule has 0 aromatic heterocycles. The van der Waals surface area contributed by atoms with Crippen LogP contribution in [0, 0.1) is 17.8 Å². The Morgan fingerprint density at radius 1 is 1.27 bits per heavy atom. The SMILES string of the molecule is O=C(O)CSCc1cccc(NC(=O)C2CC3C=CC2C3)c1. The monoisotopic (exact) mass is 317 g/mol. The van der Waals surface area contributed by atoms with Crippen molar-refractivity contribution in [3.8, 4) is 0 Å². The second-order valence-corrected chi connectivity index (χ2v) is 6.95. The number of amides is 1. The second-order valence-electron chi connectivity index (χ2n) is 5.96. The number of hydrogen-bond acceptors (Lipinski definition) is 3. The van der Waals surface area contributed by atoms with E-state index >= 15 is 0 Å². The first-order valence-electron chi connectivity index (χ1n) is 7.49. The molecule has 1 aromatic carbocycles. The maximum Gasteiger partial charge on any atom is 0.313 e. The Labute approximate surface area is 134 Å². The van der Waals surface area contributed by atoms with Gasteiger partial charge in [-0.05, 0) is 42.4 Å². The fraction of sp³-hybridized carbons (Fsp3) is 0.412. The van der Waals surface area contributed by atoms with Gasteiger partial charge in [0, 0.05) is 17.4 Å².